The highest BCUT2D eigenvalue weighted by molar-refractivity contribution is 6.30. The summed E-state index contributed by atoms with van der Waals surface area (Å²) < 4.78 is 5.32. The highest BCUT2D eigenvalue weighted by Crippen LogP contribution is 2.27. The van der Waals surface area contributed by atoms with E-state index in [0.717, 1.165) is 29.7 Å². The summed E-state index contributed by atoms with van der Waals surface area (Å²) in [4.78, 5) is 20.5. The van der Waals surface area contributed by atoms with E-state index in [1.165, 1.54) is 4.80 Å². The van der Waals surface area contributed by atoms with Crippen LogP contribution in [-0.4, -0.2) is 49.1 Å². The smallest absolute Gasteiger partial charge is 0.246 e. The number of halogens is 1. The third kappa shape index (κ3) is 4.76. The van der Waals surface area contributed by atoms with Crippen LogP contribution in [0.5, 0.6) is 0 Å². The average molecular weight is 427 g/mol. The molecule has 156 valence electrons. The van der Waals surface area contributed by atoms with Gasteiger partial charge in [0, 0.05) is 37.0 Å². The first-order valence-electron chi connectivity index (χ1n) is 9.90. The van der Waals surface area contributed by atoms with Gasteiger partial charge in [-0.15, -0.1) is 10.2 Å². The first-order chi connectivity index (χ1) is 14.5. The number of hydrogen-bond acceptors (Lipinski definition) is 6. The van der Waals surface area contributed by atoms with Gasteiger partial charge < -0.3 is 9.32 Å². The summed E-state index contributed by atoms with van der Waals surface area (Å²) in [5.41, 5.74) is 2.80. The number of carbonyl (C=O) groups is 1. The predicted molar refractivity (Wildman–Crippen MR) is 112 cm³/mol. The third-order valence-electron chi connectivity index (χ3n) is 5.24. The van der Waals surface area contributed by atoms with Crippen molar-refractivity contribution in [1.82, 2.24) is 30.1 Å². The molecule has 9 heteroatoms. The average Bonchev–Trinajstić information content (AvgIpc) is 3.35. The SMILES string of the molecule is Cc1nnn(Cc2cc(Cl)ccc2C=CC(=O)N2CCC(c3coc(C)n3)CC2)n1. The van der Waals surface area contributed by atoms with Crippen molar-refractivity contribution in [3.05, 3.63) is 64.1 Å². The molecule has 3 aromatic rings. The van der Waals surface area contributed by atoms with Crippen molar-refractivity contribution in [1.29, 1.82) is 0 Å². The van der Waals surface area contributed by atoms with E-state index in [0.29, 0.717) is 42.3 Å². The zero-order chi connectivity index (χ0) is 21.1. The van der Waals surface area contributed by atoms with Gasteiger partial charge in [0.15, 0.2) is 11.7 Å². The Morgan fingerprint density at radius 3 is 2.77 bits per heavy atom. The number of piperidine rings is 1. The van der Waals surface area contributed by atoms with Crippen LogP contribution < -0.4 is 0 Å². The zero-order valence-electron chi connectivity index (χ0n) is 17.0. The standard InChI is InChI=1S/C21H23ClN6O2/c1-14-24-26-28(25-14)12-18-11-19(22)5-3-16(18)4-6-21(29)27-9-7-17(8-10-27)20-13-30-15(2)23-20/h3-6,11,13,17H,7-10,12H2,1-2H3. The van der Waals surface area contributed by atoms with E-state index < -0.39 is 0 Å². The number of tetrazole rings is 1. The van der Waals surface area contributed by atoms with E-state index in [9.17, 15) is 4.79 Å². The van der Waals surface area contributed by atoms with Gasteiger partial charge in [-0.25, -0.2) is 4.98 Å². The van der Waals surface area contributed by atoms with Crippen LogP contribution in [0.25, 0.3) is 6.08 Å². The minimum absolute atomic E-state index is 0.000378. The van der Waals surface area contributed by atoms with Crippen LogP contribution in [-0.2, 0) is 11.3 Å². The predicted octanol–water partition coefficient (Wildman–Crippen LogP) is 3.40. The topological polar surface area (TPSA) is 89.9 Å². The van der Waals surface area contributed by atoms with Crippen LogP contribution in [0.3, 0.4) is 0 Å². The normalized spacial score (nSPS) is 15.2. The molecule has 0 radical (unpaired) electrons. The quantitative estimate of drug-likeness (QED) is 0.581. The summed E-state index contributed by atoms with van der Waals surface area (Å²) in [6.07, 6.45) is 6.94. The Labute approximate surface area is 179 Å². The molecular formula is C21H23ClN6O2. The third-order valence-corrected chi connectivity index (χ3v) is 5.47. The molecular weight excluding hydrogens is 404 g/mol. The minimum Gasteiger partial charge on any atom is -0.449 e. The maximum Gasteiger partial charge on any atom is 0.246 e. The molecule has 1 fully saturated rings. The molecule has 1 aliphatic heterocycles. The lowest BCUT2D eigenvalue weighted by Crippen LogP contribution is -2.36. The molecule has 1 aliphatic rings. The molecule has 1 amide bonds. The highest BCUT2D eigenvalue weighted by Gasteiger charge is 2.24. The monoisotopic (exact) mass is 426 g/mol. The van der Waals surface area contributed by atoms with Crippen LogP contribution in [0, 0.1) is 13.8 Å². The molecule has 0 unspecified atom stereocenters. The van der Waals surface area contributed by atoms with E-state index in [4.69, 9.17) is 16.0 Å². The number of hydrogen-bond donors (Lipinski definition) is 0. The minimum atomic E-state index is 0.000378. The van der Waals surface area contributed by atoms with E-state index in [-0.39, 0.29) is 5.91 Å². The number of amides is 1. The maximum absolute atomic E-state index is 12.7. The Balaban J connectivity index is 1.40. The van der Waals surface area contributed by atoms with Crippen LogP contribution in [0.15, 0.2) is 35.0 Å². The lowest BCUT2D eigenvalue weighted by atomic mass is 9.94. The fourth-order valence-electron chi connectivity index (χ4n) is 3.65. The largest absolute Gasteiger partial charge is 0.449 e. The molecule has 1 aromatic carbocycles. The molecule has 8 nitrogen and oxygen atoms in total. The number of carbonyl (C=O) groups excluding carboxylic acids is 1. The summed E-state index contributed by atoms with van der Waals surface area (Å²) in [7, 11) is 0. The first kappa shape index (κ1) is 20.3. The van der Waals surface area contributed by atoms with Gasteiger partial charge in [-0.1, -0.05) is 17.7 Å². The summed E-state index contributed by atoms with van der Waals surface area (Å²) in [6, 6.07) is 5.56. The first-order valence-corrected chi connectivity index (χ1v) is 10.3. The van der Waals surface area contributed by atoms with Gasteiger partial charge in [0.25, 0.3) is 0 Å². The van der Waals surface area contributed by atoms with Crippen molar-refractivity contribution in [3.63, 3.8) is 0 Å². The molecule has 1 saturated heterocycles. The molecule has 4 rings (SSSR count). The molecule has 0 bridgehead atoms. The Bertz CT molecular complexity index is 1070. The van der Waals surface area contributed by atoms with E-state index in [2.05, 4.69) is 20.4 Å². The summed E-state index contributed by atoms with van der Waals surface area (Å²) >= 11 is 6.16. The van der Waals surface area contributed by atoms with Gasteiger partial charge >= 0.3 is 0 Å². The molecule has 30 heavy (non-hydrogen) atoms. The molecule has 0 spiro atoms. The number of nitrogens with zero attached hydrogens (tertiary/aromatic N) is 6. The van der Waals surface area contributed by atoms with Gasteiger partial charge in [-0.2, -0.15) is 4.80 Å². The van der Waals surface area contributed by atoms with Gasteiger partial charge in [-0.05, 0) is 54.3 Å². The lowest BCUT2D eigenvalue weighted by Gasteiger charge is -2.30. The summed E-state index contributed by atoms with van der Waals surface area (Å²) in [5, 5.41) is 12.7. The van der Waals surface area contributed by atoms with Crippen molar-refractivity contribution < 1.29 is 9.21 Å². The number of oxazole rings is 1. The molecule has 0 atom stereocenters. The van der Waals surface area contributed by atoms with E-state index in [1.807, 2.05) is 30.0 Å². The number of likely N-dealkylation sites (tertiary alicyclic amines) is 1. The Kier molecular flexibility index (Phi) is 5.94. The van der Waals surface area contributed by atoms with Crippen molar-refractivity contribution in [3.8, 4) is 0 Å². The maximum atomic E-state index is 12.7. The second-order valence-electron chi connectivity index (χ2n) is 7.43. The zero-order valence-corrected chi connectivity index (χ0v) is 17.7. The molecule has 3 heterocycles. The second kappa shape index (κ2) is 8.79. The number of benzene rings is 1. The van der Waals surface area contributed by atoms with E-state index >= 15 is 0 Å². The van der Waals surface area contributed by atoms with Gasteiger partial charge in [0.05, 0.1) is 12.2 Å². The van der Waals surface area contributed by atoms with Crippen LogP contribution >= 0.6 is 11.6 Å². The fourth-order valence-corrected chi connectivity index (χ4v) is 3.84. The second-order valence-corrected chi connectivity index (χ2v) is 7.87. The van der Waals surface area contributed by atoms with Crippen molar-refractivity contribution >= 4 is 23.6 Å². The van der Waals surface area contributed by atoms with Gasteiger partial charge in [0.1, 0.15) is 6.26 Å². The molecule has 0 N–H and O–H groups in total. The van der Waals surface area contributed by atoms with Crippen LogP contribution in [0.4, 0.5) is 0 Å². The summed E-state index contributed by atoms with van der Waals surface area (Å²) in [5.74, 6) is 1.63. The van der Waals surface area contributed by atoms with Crippen LogP contribution in [0.1, 0.15) is 47.3 Å². The lowest BCUT2D eigenvalue weighted by molar-refractivity contribution is -0.126. The fraction of sp³-hybridized carbons (Fsp3) is 0.381. The van der Waals surface area contributed by atoms with Crippen molar-refractivity contribution in [2.24, 2.45) is 0 Å². The molecule has 0 aliphatic carbocycles. The Morgan fingerprint density at radius 2 is 2.10 bits per heavy atom. The van der Waals surface area contributed by atoms with Crippen molar-refractivity contribution in [2.75, 3.05) is 13.1 Å². The highest BCUT2D eigenvalue weighted by atomic mass is 35.5. The molecule has 2 aromatic heterocycles. The number of aromatic nitrogens is 5. The van der Waals surface area contributed by atoms with Crippen molar-refractivity contribution in [2.45, 2.75) is 39.2 Å². The summed E-state index contributed by atoms with van der Waals surface area (Å²) in [6.45, 7) is 5.47. The van der Waals surface area contributed by atoms with Crippen LogP contribution in [0.2, 0.25) is 5.02 Å². The van der Waals surface area contributed by atoms with Gasteiger partial charge in [-0.3, -0.25) is 4.79 Å². The number of aryl methyl sites for hydroxylation is 2. The van der Waals surface area contributed by atoms with E-state index in [1.54, 1.807) is 25.3 Å². The Hall–Kier alpha value is -3.00. The molecule has 0 saturated carbocycles. The van der Waals surface area contributed by atoms with Gasteiger partial charge in [0.2, 0.25) is 5.91 Å². The number of rotatable bonds is 5. The Morgan fingerprint density at radius 1 is 1.30 bits per heavy atom.